The van der Waals surface area contributed by atoms with Crippen LogP contribution in [0.1, 0.15) is 53.0 Å². The Kier molecular flexibility index (Phi) is 9.39. The molecule has 0 aliphatic heterocycles. The molecule has 1 unspecified atom stereocenters. The zero-order valence-corrected chi connectivity index (χ0v) is 21.4. The SMILES string of the molecule is CC(C)CC(CC(=O)NO)C(=O)N[C@@H](Cc1cn(NC(=O)c2ccc(C(=O)O)cc2)c2ccccc12)C(=O)O. The number of carboxylic acid groups (broad SMARTS) is 2. The molecule has 0 saturated heterocycles. The lowest BCUT2D eigenvalue weighted by molar-refractivity contribution is -0.143. The molecule has 39 heavy (non-hydrogen) atoms. The van der Waals surface area contributed by atoms with Crippen LogP contribution in [0.5, 0.6) is 0 Å². The highest BCUT2D eigenvalue weighted by Gasteiger charge is 2.29. The zero-order valence-electron chi connectivity index (χ0n) is 21.4. The Labute approximate surface area is 223 Å². The minimum atomic E-state index is -1.33. The zero-order chi connectivity index (χ0) is 28.7. The van der Waals surface area contributed by atoms with Gasteiger partial charge in [0.25, 0.3) is 5.91 Å². The van der Waals surface area contributed by atoms with Crippen LogP contribution in [0.25, 0.3) is 10.9 Å². The Bertz CT molecular complexity index is 1380. The molecule has 0 fully saturated rings. The Morgan fingerprint density at radius 2 is 1.56 bits per heavy atom. The van der Waals surface area contributed by atoms with Crippen LogP contribution in [0.3, 0.4) is 0 Å². The maximum atomic E-state index is 12.9. The molecule has 6 N–H and O–H groups in total. The number of para-hydroxylation sites is 1. The first kappa shape index (κ1) is 28.9. The first-order valence-corrected chi connectivity index (χ1v) is 12.2. The topological polar surface area (TPSA) is 187 Å². The number of hydroxylamine groups is 1. The number of aliphatic carboxylic acids is 1. The molecule has 12 heteroatoms. The number of fused-ring (bicyclic) bond motifs is 1. The van der Waals surface area contributed by atoms with Crippen molar-refractivity contribution in [3.63, 3.8) is 0 Å². The van der Waals surface area contributed by atoms with E-state index < -0.39 is 41.6 Å². The highest BCUT2D eigenvalue weighted by Crippen LogP contribution is 2.23. The van der Waals surface area contributed by atoms with E-state index >= 15 is 0 Å². The van der Waals surface area contributed by atoms with E-state index in [9.17, 15) is 29.1 Å². The van der Waals surface area contributed by atoms with Crippen molar-refractivity contribution in [2.45, 2.75) is 39.2 Å². The number of carboxylic acids is 2. The Hall–Kier alpha value is -4.71. The molecule has 3 rings (SSSR count). The Morgan fingerprint density at radius 3 is 2.15 bits per heavy atom. The average molecular weight is 539 g/mol. The van der Waals surface area contributed by atoms with Crippen LogP contribution in [0, 0.1) is 11.8 Å². The number of nitrogens with zero attached hydrogens (tertiary/aromatic N) is 1. The molecule has 2 aromatic carbocycles. The quantitative estimate of drug-likeness (QED) is 0.150. The van der Waals surface area contributed by atoms with Crippen molar-refractivity contribution >= 4 is 40.6 Å². The van der Waals surface area contributed by atoms with Gasteiger partial charge in [0.15, 0.2) is 0 Å². The minimum absolute atomic E-state index is 0.0367. The van der Waals surface area contributed by atoms with E-state index in [1.54, 1.807) is 30.5 Å². The van der Waals surface area contributed by atoms with E-state index in [-0.39, 0.29) is 29.9 Å². The van der Waals surface area contributed by atoms with Crippen molar-refractivity contribution in [1.29, 1.82) is 0 Å². The van der Waals surface area contributed by atoms with Crippen molar-refractivity contribution in [3.8, 4) is 0 Å². The fourth-order valence-electron chi connectivity index (χ4n) is 4.27. The Balaban J connectivity index is 1.83. The van der Waals surface area contributed by atoms with E-state index in [2.05, 4.69) is 10.7 Å². The van der Waals surface area contributed by atoms with Crippen LogP contribution >= 0.6 is 0 Å². The number of carbonyl (C=O) groups excluding carboxylic acids is 3. The predicted octanol–water partition coefficient (Wildman–Crippen LogP) is 2.39. The number of carbonyl (C=O) groups is 5. The first-order chi connectivity index (χ1) is 18.5. The molecule has 206 valence electrons. The molecule has 2 atom stereocenters. The molecule has 1 aromatic heterocycles. The summed E-state index contributed by atoms with van der Waals surface area (Å²) in [7, 11) is 0. The molecule has 3 amide bonds. The van der Waals surface area contributed by atoms with Crippen LogP contribution in [0.4, 0.5) is 0 Å². The summed E-state index contributed by atoms with van der Waals surface area (Å²) in [5, 5.41) is 30.9. The summed E-state index contributed by atoms with van der Waals surface area (Å²) in [6.07, 6.45) is 1.45. The molecule has 0 saturated carbocycles. The second-order valence-electron chi connectivity index (χ2n) is 9.53. The number of aromatic nitrogens is 1. The normalized spacial score (nSPS) is 12.5. The number of hydrogen-bond donors (Lipinski definition) is 6. The number of amides is 3. The maximum absolute atomic E-state index is 12.9. The van der Waals surface area contributed by atoms with Crippen LogP contribution in [-0.4, -0.2) is 55.8 Å². The van der Waals surface area contributed by atoms with Gasteiger partial charge in [0, 0.05) is 35.9 Å². The number of aromatic carboxylic acids is 1. The summed E-state index contributed by atoms with van der Waals surface area (Å²) in [4.78, 5) is 60.6. The first-order valence-electron chi connectivity index (χ1n) is 12.2. The van der Waals surface area contributed by atoms with Gasteiger partial charge in [-0.25, -0.2) is 15.1 Å². The standard InChI is InChI=1S/C27H30N4O8/c1-15(2)11-18(13-23(32)30-39)24(33)28-21(27(37)38)12-19-14-31(22-6-4-3-5-20(19)22)29-25(34)16-7-9-17(10-8-16)26(35)36/h3-10,14-15,18,21,39H,11-13H2,1-2H3,(H,28,33)(H,29,34)(H,30,32)(H,35,36)(H,37,38)/t18?,21-/m0/s1. The summed E-state index contributed by atoms with van der Waals surface area (Å²) >= 11 is 0. The second kappa shape index (κ2) is 12.7. The van der Waals surface area contributed by atoms with Crippen LogP contribution in [0.15, 0.2) is 54.7 Å². The molecule has 0 spiro atoms. The highest BCUT2D eigenvalue weighted by molar-refractivity contribution is 6.02. The van der Waals surface area contributed by atoms with Crippen molar-refractivity contribution < 1.29 is 39.4 Å². The summed E-state index contributed by atoms with van der Waals surface area (Å²) < 4.78 is 1.44. The monoisotopic (exact) mass is 538 g/mol. The second-order valence-corrected chi connectivity index (χ2v) is 9.53. The largest absolute Gasteiger partial charge is 0.480 e. The van der Waals surface area contributed by atoms with E-state index in [0.717, 1.165) is 0 Å². The number of rotatable bonds is 12. The van der Waals surface area contributed by atoms with Crippen molar-refractivity contribution in [1.82, 2.24) is 15.5 Å². The van der Waals surface area contributed by atoms with Crippen molar-refractivity contribution in [3.05, 3.63) is 71.4 Å². The van der Waals surface area contributed by atoms with Crippen molar-refractivity contribution in [2.75, 3.05) is 5.43 Å². The van der Waals surface area contributed by atoms with Gasteiger partial charge in [-0.15, -0.1) is 0 Å². The summed E-state index contributed by atoms with van der Waals surface area (Å²) in [5.74, 6) is -5.08. The van der Waals surface area contributed by atoms with Gasteiger partial charge in [-0.05, 0) is 48.2 Å². The van der Waals surface area contributed by atoms with Gasteiger partial charge in [0.1, 0.15) is 6.04 Å². The lowest BCUT2D eigenvalue weighted by atomic mass is 9.92. The van der Waals surface area contributed by atoms with Crippen LogP contribution in [-0.2, 0) is 20.8 Å². The lowest BCUT2D eigenvalue weighted by Crippen LogP contribution is -2.46. The van der Waals surface area contributed by atoms with Gasteiger partial charge in [-0.3, -0.25) is 29.7 Å². The van der Waals surface area contributed by atoms with E-state index in [4.69, 9.17) is 10.3 Å². The number of nitrogens with one attached hydrogen (secondary N) is 3. The molecule has 0 radical (unpaired) electrons. The summed E-state index contributed by atoms with van der Waals surface area (Å²) in [6, 6.07) is 11.0. The maximum Gasteiger partial charge on any atom is 0.335 e. The van der Waals surface area contributed by atoms with Crippen LogP contribution in [0.2, 0.25) is 0 Å². The lowest BCUT2D eigenvalue weighted by Gasteiger charge is -2.21. The van der Waals surface area contributed by atoms with Gasteiger partial charge in [-0.2, -0.15) is 0 Å². The predicted molar refractivity (Wildman–Crippen MR) is 140 cm³/mol. The molecular formula is C27H30N4O8. The van der Waals surface area contributed by atoms with Gasteiger partial charge < -0.3 is 15.5 Å². The number of hydrogen-bond acceptors (Lipinski definition) is 6. The minimum Gasteiger partial charge on any atom is -0.480 e. The molecule has 3 aromatic rings. The third-order valence-electron chi connectivity index (χ3n) is 6.13. The average Bonchev–Trinajstić information content (AvgIpc) is 3.24. The fourth-order valence-corrected chi connectivity index (χ4v) is 4.27. The van der Waals surface area contributed by atoms with E-state index in [1.165, 1.54) is 34.4 Å². The highest BCUT2D eigenvalue weighted by atomic mass is 16.5. The van der Waals surface area contributed by atoms with Gasteiger partial charge in [0.2, 0.25) is 11.8 Å². The van der Waals surface area contributed by atoms with Gasteiger partial charge in [0.05, 0.1) is 11.1 Å². The summed E-state index contributed by atoms with van der Waals surface area (Å²) in [5.41, 5.74) is 5.58. The van der Waals surface area contributed by atoms with Crippen LogP contribution < -0.4 is 16.2 Å². The molecule has 0 aliphatic carbocycles. The molecule has 12 nitrogen and oxygen atoms in total. The van der Waals surface area contributed by atoms with Gasteiger partial charge in [-0.1, -0.05) is 32.0 Å². The Morgan fingerprint density at radius 1 is 0.923 bits per heavy atom. The summed E-state index contributed by atoms with van der Waals surface area (Å²) in [6.45, 7) is 3.71. The third-order valence-corrected chi connectivity index (χ3v) is 6.13. The molecule has 0 aliphatic rings. The van der Waals surface area contributed by atoms with E-state index in [0.29, 0.717) is 22.9 Å². The third kappa shape index (κ3) is 7.42. The molecule has 1 heterocycles. The van der Waals surface area contributed by atoms with Gasteiger partial charge >= 0.3 is 11.9 Å². The number of benzene rings is 2. The van der Waals surface area contributed by atoms with Crippen molar-refractivity contribution in [2.24, 2.45) is 11.8 Å². The molecular weight excluding hydrogens is 508 g/mol. The van der Waals surface area contributed by atoms with E-state index in [1.807, 2.05) is 13.8 Å². The molecule has 0 bridgehead atoms. The fraction of sp³-hybridized carbons (Fsp3) is 0.296. The smallest absolute Gasteiger partial charge is 0.335 e.